The van der Waals surface area contributed by atoms with Gasteiger partial charge in [-0.1, -0.05) is 19.1 Å². The number of ether oxygens (including phenoxy) is 1. The maximum absolute atomic E-state index is 14.9. The number of carbonyl (C=O) groups excluding carboxylic acids is 1. The number of allylic oxidation sites excluding steroid dienone is 1. The van der Waals surface area contributed by atoms with E-state index in [2.05, 4.69) is 16.4 Å². The van der Waals surface area contributed by atoms with Crippen LogP contribution in [-0.2, 0) is 4.79 Å². The van der Waals surface area contributed by atoms with E-state index in [0.717, 1.165) is 6.42 Å². The SMILES string of the molecule is CCCSC1=NC(C)=C(C(=O)Nc2ccccc2OC)C(c2cc(F)c(F)cc2F)C1C#N. The molecule has 0 fully saturated rings. The van der Waals surface area contributed by atoms with Crippen LogP contribution < -0.4 is 10.1 Å². The minimum atomic E-state index is -1.35. The lowest BCUT2D eigenvalue weighted by Gasteiger charge is -2.30. The van der Waals surface area contributed by atoms with E-state index < -0.39 is 35.2 Å². The molecule has 1 aliphatic heterocycles. The molecule has 1 N–H and O–H groups in total. The number of nitrogens with zero attached hydrogens (tertiary/aromatic N) is 2. The van der Waals surface area contributed by atoms with Gasteiger partial charge < -0.3 is 10.1 Å². The van der Waals surface area contributed by atoms with Gasteiger partial charge in [-0.2, -0.15) is 5.26 Å². The van der Waals surface area contributed by atoms with E-state index in [4.69, 9.17) is 4.74 Å². The zero-order valence-electron chi connectivity index (χ0n) is 18.3. The van der Waals surface area contributed by atoms with Crippen LogP contribution in [0, 0.1) is 34.7 Å². The largest absolute Gasteiger partial charge is 0.495 e. The molecule has 1 heterocycles. The second-order valence-electron chi connectivity index (χ2n) is 7.32. The van der Waals surface area contributed by atoms with Crippen molar-refractivity contribution in [1.82, 2.24) is 0 Å². The maximum atomic E-state index is 14.9. The summed E-state index contributed by atoms with van der Waals surface area (Å²) < 4.78 is 47.9. The Hall–Kier alpha value is -3.25. The molecule has 0 saturated carbocycles. The molecule has 2 aromatic rings. The van der Waals surface area contributed by atoms with Crippen LogP contribution in [-0.4, -0.2) is 23.8 Å². The fraction of sp³-hybridized carbons (Fsp3) is 0.292. The minimum Gasteiger partial charge on any atom is -0.495 e. The molecule has 2 unspecified atom stereocenters. The Morgan fingerprint density at radius 1 is 1.21 bits per heavy atom. The van der Waals surface area contributed by atoms with Crippen molar-refractivity contribution >= 4 is 28.4 Å². The Bertz CT molecular complexity index is 1170. The van der Waals surface area contributed by atoms with Gasteiger partial charge in [-0.15, -0.1) is 11.8 Å². The van der Waals surface area contributed by atoms with Gasteiger partial charge in [0.15, 0.2) is 11.6 Å². The Morgan fingerprint density at radius 2 is 1.91 bits per heavy atom. The first kappa shape index (κ1) is 24.4. The quantitative estimate of drug-likeness (QED) is 0.538. The van der Waals surface area contributed by atoms with Crippen LogP contribution in [0.1, 0.15) is 31.7 Å². The molecular formula is C24H22F3N3O2S. The molecule has 3 rings (SSSR count). The van der Waals surface area contributed by atoms with Crippen LogP contribution in [0.15, 0.2) is 52.7 Å². The monoisotopic (exact) mass is 473 g/mol. The highest BCUT2D eigenvalue weighted by molar-refractivity contribution is 8.14. The number of thioether (sulfide) groups is 1. The number of aliphatic imine (C=N–C) groups is 1. The van der Waals surface area contributed by atoms with E-state index in [0.29, 0.717) is 34.4 Å². The van der Waals surface area contributed by atoms with Crippen LogP contribution in [0.5, 0.6) is 5.75 Å². The normalized spacial score (nSPS) is 17.9. The van der Waals surface area contributed by atoms with Gasteiger partial charge in [0.05, 0.1) is 23.9 Å². The molecule has 0 aromatic heterocycles. The third-order valence-electron chi connectivity index (χ3n) is 5.15. The number of methoxy groups -OCH3 is 1. The summed E-state index contributed by atoms with van der Waals surface area (Å²) in [5, 5.41) is 13.1. The highest BCUT2D eigenvalue weighted by Crippen LogP contribution is 2.43. The van der Waals surface area contributed by atoms with Gasteiger partial charge in [-0.25, -0.2) is 18.2 Å². The van der Waals surface area contributed by atoms with E-state index in [9.17, 15) is 23.2 Å². The van der Waals surface area contributed by atoms with Crippen LogP contribution in [0.4, 0.5) is 18.9 Å². The molecule has 1 amide bonds. The molecule has 0 radical (unpaired) electrons. The van der Waals surface area contributed by atoms with Crippen molar-refractivity contribution in [2.45, 2.75) is 26.2 Å². The second kappa shape index (κ2) is 10.6. The molecule has 0 saturated heterocycles. The number of rotatable bonds is 6. The lowest BCUT2D eigenvalue weighted by Crippen LogP contribution is -2.32. The zero-order valence-corrected chi connectivity index (χ0v) is 19.1. The van der Waals surface area contributed by atoms with Crippen molar-refractivity contribution in [2.75, 3.05) is 18.2 Å². The predicted octanol–water partition coefficient (Wildman–Crippen LogP) is 5.80. The lowest BCUT2D eigenvalue weighted by molar-refractivity contribution is -0.113. The minimum absolute atomic E-state index is 0.00165. The summed E-state index contributed by atoms with van der Waals surface area (Å²) in [7, 11) is 1.45. The average molecular weight is 474 g/mol. The maximum Gasteiger partial charge on any atom is 0.254 e. The fourth-order valence-electron chi connectivity index (χ4n) is 3.64. The van der Waals surface area contributed by atoms with Crippen LogP contribution in [0.3, 0.4) is 0 Å². The number of hydrogen-bond acceptors (Lipinski definition) is 5. The van der Waals surface area contributed by atoms with Crippen molar-refractivity contribution in [1.29, 1.82) is 5.26 Å². The Labute approximate surface area is 194 Å². The van der Waals surface area contributed by atoms with E-state index >= 15 is 0 Å². The fourth-order valence-corrected chi connectivity index (χ4v) is 4.63. The van der Waals surface area contributed by atoms with Gasteiger partial charge in [-0.3, -0.25) is 4.79 Å². The number of para-hydroxylation sites is 2. The number of amides is 1. The zero-order chi connectivity index (χ0) is 24.1. The van der Waals surface area contributed by atoms with Crippen LogP contribution in [0.25, 0.3) is 0 Å². The summed E-state index contributed by atoms with van der Waals surface area (Å²) in [6.45, 7) is 3.53. The second-order valence-corrected chi connectivity index (χ2v) is 8.44. The van der Waals surface area contributed by atoms with E-state index in [1.807, 2.05) is 6.92 Å². The van der Waals surface area contributed by atoms with Crippen LogP contribution >= 0.6 is 11.8 Å². The predicted molar refractivity (Wildman–Crippen MR) is 123 cm³/mol. The van der Waals surface area contributed by atoms with Crippen molar-refractivity contribution in [3.8, 4) is 11.8 Å². The smallest absolute Gasteiger partial charge is 0.254 e. The summed E-state index contributed by atoms with van der Waals surface area (Å²) in [6, 6.07) is 9.92. The van der Waals surface area contributed by atoms with E-state index in [1.54, 1.807) is 31.2 Å². The highest BCUT2D eigenvalue weighted by Gasteiger charge is 2.40. The number of benzene rings is 2. The Kier molecular flexibility index (Phi) is 7.82. The van der Waals surface area contributed by atoms with Crippen LogP contribution in [0.2, 0.25) is 0 Å². The third-order valence-corrected chi connectivity index (χ3v) is 6.40. The molecule has 33 heavy (non-hydrogen) atoms. The first-order valence-electron chi connectivity index (χ1n) is 10.2. The molecule has 172 valence electrons. The average Bonchev–Trinajstić information content (AvgIpc) is 2.79. The summed E-state index contributed by atoms with van der Waals surface area (Å²) >= 11 is 1.32. The molecule has 1 aliphatic rings. The summed E-state index contributed by atoms with van der Waals surface area (Å²) in [6.07, 6.45) is 0.802. The molecule has 2 aromatic carbocycles. The number of nitriles is 1. The lowest BCUT2D eigenvalue weighted by atomic mass is 9.78. The first-order valence-corrected chi connectivity index (χ1v) is 11.2. The number of anilines is 1. The summed E-state index contributed by atoms with van der Waals surface area (Å²) in [5.41, 5.74) is 0.341. The van der Waals surface area contributed by atoms with Crippen molar-refractivity contribution in [2.24, 2.45) is 10.9 Å². The molecule has 2 atom stereocenters. The molecular weight excluding hydrogens is 451 g/mol. The molecule has 0 aliphatic carbocycles. The highest BCUT2D eigenvalue weighted by atomic mass is 32.2. The van der Waals surface area contributed by atoms with E-state index in [-0.39, 0.29) is 16.8 Å². The van der Waals surface area contributed by atoms with E-state index in [1.165, 1.54) is 18.9 Å². The van der Waals surface area contributed by atoms with Gasteiger partial charge in [-0.05, 0) is 37.3 Å². The topological polar surface area (TPSA) is 74.5 Å². The molecule has 0 spiro atoms. The third kappa shape index (κ3) is 5.06. The van der Waals surface area contributed by atoms with Gasteiger partial charge >= 0.3 is 0 Å². The molecule has 0 bridgehead atoms. The summed E-state index contributed by atoms with van der Waals surface area (Å²) in [5.74, 6) is -5.49. The Morgan fingerprint density at radius 3 is 2.58 bits per heavy atom. The van der Waals surface area contributed by atoms with Crippen molar-refractivity contribution < 1.29 is 22.7 Å². The molecule has 9 heteroatoms. The number of carbonyl (C=O) groups is 1. The summed E-state index contributed by atoms with van der Waals surface area (Å²) in [4.78, 5) is 17.8. The Balaban J connectivity index is 2.16. The van der Waals surface area contributed by atoms with Crippen molar-refractivity contribution in [3.63, 3.8) is 0 Å². The molecule has 5 nitrogen and oxygen atoms in total. The standard InChI is InChI=1S/C24H22F3N3O2S/c1-4-9-33-24-15(12-28)22(14-10-17(26)18(27)11-16(14)25)21(13(2)29-24)23(31)30-19-7-5-6-8-20(19)32-3/h5-8,10-11,15,22H,4,9H2,1-3H3,(H,30,31). The van der Waals surface area contributed by atoms with Crippen molar-refractivity contribution in [3.05, 3.63) is 70.7 Å². The van der Waals surface area contributed by atoms with Gasteiger partial charge in [0.1, 0.15) is 17.5 Å². The van der Waals surface area contributed by atoms with Gasteiger partial charge in [0.2, 0.25) is 0 Å². The van der Waals surface area contributed by atoms with Gasteiger partial charge in [0.25, 0.3) is 5.91 Å². The number of halogens is 3. The number of nitrogens with one attached hydrogen (secondary N) is 1. The first-order chi connectivity index (χ1) is 15.8. The number of hydrogen-bond donors (Lipinski definition) is 1. The van der Waals surface area contributed by atoms with Gasteiger partial charge in [0, 0.05) is 28.8 Å².